The monoisotopic (exact) mass is 517 g/mol. The van der Waals surface area contributed by atoms with E-state index >= 15 is 0 Å². The molecule has 0 radical (unpaired) electrons. The number of hydrogen-bond acceptors (Lipinski definition) is 4. The fraction of sp³-hybridized carbons (Fsp3) is 0.324. The van der Waals surface area contributed by atoms with Crippen molar-refractivity contribution in [3.05, 3.63) is 102 Å². The first-order valence-corrected chi connectivity index (χ1v) is 13.9. The van der Waals surface area contributed by atoms with Crippen LogP contribution in [0.25, 0.3) is 11.1 Å². The highest BCUT2D eigenvalue weighted by molar-refractivity contribution is 6.09. The van der Waals surface area contributed by atoms with Gasteiger partial charge in [0.1, 0.15) is 11.8 Å². The molecule has 3 fully saturated rings. The summed E-state index contributed by atoms with van der Waals surface area (Å²) < 4.78 is 5.95. The maximum absolute atomic E-state index is 13.8. The molecule has 2 bridgehead atoms. The van der Waals surface area contributed by atoms with Gasteiger partial charge in [0.25, 0.3) is 0 Å². The summed E-state index contributed by atoms with van der Waals surface area (Å²) in [7, 11) is 0. The van der Waals surface area contributed by atoms with E-state index in [0.29, 0.717) is 17.6 Å². The Morgan fingerprint density at radius 3 is 2.08 bits per heavy atom. The summed E-state index contributed by atoms with van der Waals surface area (Å²) in [5, 5.41) is 0. The molecule has 5 heteroatoms. The van der Waals surface area contributed by atoms with Crippen LogP contribution in [0, 0.1) is 49.4 Å². The molecule has 0 N–H and O–H groups in total. The van der Waals surface area contributed by atoms with Crippen LogP contribution in [0.15, 0.2) is 84.9 Å². The first-order valence-electron chi connectivity index (χ1n) is 13.9. The number of hydrogen-bond donors (Lipinski definition) is 0. The zero-order chi connectivity index (χ0) is 26.8. The molecule has 1 saturated heterocycles. The Bertz CT molecular complexity index is 1470. The van der Waals surface area contributed by atoms with Gasteiger partial charge in [-0.2, -0.15) is 0 Å². The average Bonchev–Trinajstić information content (AvgIpc) is 3.73. The van der Waals surface area contributed by atoms with Crippen molar-refractivity contribution in [3.8, 4) is 16.9 Å². The quantitative estimate of drug-likeness (QED) is 0.186. The van der Waals surface area contributed by atoms with E-state index in [4.69, 9.17) is 4.74 Å². The molecule has 8 rings (SSSR count). The molecule has 39 heavy (non-hydrogen) atoms. The first kappa shape index (κ1) is 24.1. The standard InChI is InChI=1S/C34H31NO4/c1-19-8-10-22(11-9-19)23-12-15-29(20(2)16-23)39-34(38)28(17-21-6-4-3-5-7-21)35-32(36)30-24-13-14-25(27-18-26(24)27)31(30)33(35)37/h3-16,24-28,30-31H,17-18H2,1-2H3/t24-,25-,26-,27+,28-,30-,31+/m0/s1. The molecule has 2 saturated carbocycles. The van der Waals surface area contributed by atoms with Gasteiger partial charge in [-0.25, -0.2) is 4.79 Å². The minimum absolute atomic E-state index is 0.108. The van der Waals surface area contributed by atoms with Crippen LogP contribution in [0.4, 0.5) is 0 Å². The molecule has 0 spiro atoms. The third-order valence-electron chi connectivity index (χ3n) is 9.32. The molecule has 0 unspecified atom stereocenters. The first-order chi connectivity index (χ1) is 18.9. The largest absolute Gasteiger partial charge is 0.425 e. The summed E-state index contributed by atoms with van der Waals surface area (Å²) in [5.74, 6) is -0.0230. The van der Waals surface area contributed by atoms with Crippen molar-refractivity contribution in [1.29, 1.82) is 0 Å². The Morgan fingerprint density at radius 1 is 0.846 bits per heavy atom. The number of amides is 2. The fourth-order valence-corrected chi connectivity index (χ4v) is 7.27. The van der Waals surface area contributed by atoms with Gasteiger partial charge >= 0.3 is 5.97 Å². The summed E-state index contributed by atoms with van der Waals surface area (Å²) in [4.78, 5) is 42.8. The van der Waals surface area contributed by atoms with E-state index in [1.165, 1.54) is 10.5 Å². The second-order valence-corrected chi connectivity index (χ2v) is 11.7. The van der Waals surface area contributed by atoms with E-state index in [1.807, 2.05) is 49.4 Å². The van der Waals surface area contributed by atoms with Gasteiger partial charge in [0, 0.05) is 6.42 Å². The summed E-state index contributed by atoms with van der Waals surface area (Å²) in [6, 6.07) is 22.5. The molecule has 3 aromatic carbocycles. The van der Waals surface area contributed by atoms with Crippen molar-refractivity contribution in [1.82, 2.24) is 4.90 Å². The minimum atomic E-state index is -1.01. The number of nitrogens with zero attached hydrogens (tertiary/aromatic N) is 1. The van der Waals surface area contributed by atoms with Crippen LogP contribution in [-0.4, -0.2) is 28.7 Å². The van der Waals surface area contributed by atoms with Gasteiger partial charge in [-0.15, -0.1) is 0 Å². The average molecular weight is 518 g/mol. The Labute approximate surface area is 228 Å². The van der Waals surface area contributed by atoms with E-state index < -0.39 is 12.0 Å². The van der Waals surface area contributed by atoms with Crippen LogP contribution in [0.5, 0.6) is 5.75 Å². The SMILES string of the molecule is Cc1ccc(-c2ccc(OC(=O)[C@H](Cc3ccccc3)N3C(=O)[C@@H]4[C@H]5C=C[C@@H]([C@@H]6C[C@H]56)[C@@H]4C3=O)c(C)c2)cc1. The maximum atomic E-state index is 13.8. The zero-order valence-corrected chi connectivity index (χ0v) is 22.1. The van der Waals surface area contributed by atoms with Crippen LogP contribution in [0.1, 0.15) is 23.1 Å². The fourth-order valence-electron chi connectivity index (χ4n) is 7.27. The number of esters is 1. The number of allylic oxidation sites excluding steroid dienone is 2. The van der Waals surface area contributed by atoms with Crippen LogP contribution in [0.2, 0.25) is 0 Å². The van der Waals surface area contributed by atoms with Crippen molar-refractivity contribution < 1.29 is 19.1 Å². The van der Waals surface area contributed by atoms with E-state index in [2.05, 4.69) is 43.3 Å². The van der Waals surface area contributed by atoms with Gasteiger partial charge in [-0.1, -0.05) is 78.4 Å². The third kappa shape index (κ3) is 3.94. The van der Waals surface area contributed by atoms with Crippen LogP contribution in [0.3, 0.4) is 0 Å². The Kier molecular flexibility index (Phi) is 5.58. The minimum Gasteiger partial charge on any atom is -0.425 e. The number of aryl methyl sites for hydroxylation is 2. The molecule has 1 heterocycles. The molecular formula is C34H31NO4. The Hall–Kier alpha value is -3.99. The number of rotatable bonds is 6. The topological polar surface area (TPSA) is 63.7 Å². The molecule has 7 atom stereocenters. The lowest BCUT2D eigenvalue weighted by Gasteiger charge is -2.37. The zero-order valence-electron chi connectivity index (χ0n) is 22.1. The molecule has 5 aliphatic rings. The number of carbonyl (C=O) groups excluding carboxylic acids is 3. The Morgan fingerprint density at radius 2 is 1.46 bits per heavy atom. The highest BCUT2D eigenvalue weighted by Crippen LogP contribution is 2.65. The highest BCUT2D eigenvalue weighted by atomic mass is 16.5. The number of benzene rings is 3. The highest BCUT2D eigenvalue weighted by Gasteiger charge is 2.68. The van der Waals surface area contributed by atoms with Crippen molar-refractivity contribution in [3.63, 3.8) is 0 Å². The van der Waals surface area contributed by atoms with Crippen molar-refractivity contribution in [2.45, 2.75) is 32.7 Å². The predicted molar refractivity (Wildman–Crippen MR) is 147 cm³/mol. The molecule has 196 valence electrons. The van der Waals surface area contributed by atoms with Gasteiger partial charge in [-0.05, 0) is 78.3 Å². The summed E-state index contributed by atoms with van der Waals surface area (Å²) in [6.45, 7) is 3.96. The van der Waals surface area contributed by atoms with Crippen LogP contribution in [-0.2, 0) is 20.8 Å². The van der Waals surface area contributed by atoms with Crippen molar-refractivity contribution >= 4 is 17.8 Å². The smallest absolute Gasteiger partial charge is 0.335 e. The second kappa shape index (κ2) is 9.04. The summed E-state index contributed by atoms with van der Waals surface area (Å²) in [5.41, 5.74) is 5.00. The molecule has 4 aliphatic carbocycles. The molecular weight excluding hydrogens is 486 g/mol. The van der Waals surface area contributed by atoms with Gasteiger partial charge in [0.05, 0.1) is 11.8 Å². The van der Waals surface area contributed by atoms with Crippen molar-refractivity contribution in [2.24, 2.45) is 35.5 Å². The number of ether oxygens (including phenoxy) is 1. The third-order valence-corrected chi connectivity index (χ3v) is 9.32. The summed E-state index contributed by atoms with van der Waals surface area (Å²) >= 11 is 0. The van der Waals surface area contributed by atoms with E-state index in [0.717, 1.165) is 28.7 Å². The molecule has 2 amide bonds. The van der Waals surface area contributed by atoms with Crippen LogP contribution >= 0.6 is 0 Å². The van der Waals surface area contributed by atoms with Gasteiger partial charge in [-0.3, -0.25) is 14.5 Å². The number of carbonyl (C=O) groups is 3. The maximum Gasteiger partial charge on any atom is 0.335 e. The van der Waals surface area contributed by atoms with Crippen LogP contribution < -0.4 is 4.74 Å². The van der Waals surface area contributed by atoms with Crippen molar-refractivity contribution in [2.75, 3.05) is 0 Å². The van der Waals surface area contributed by atoms with E-state index in [-0.39, 0.29) is 41.9 Å². The molecule has 0 aromatic heterocycles. The lowest BCUT2D eigenvalue weighted by molar-refractivity contribution is -0.153. The lowest BCUT2D eigenvalue weighted by atomic mass is 9.63. The molecule has 5 nitrogen and oxygen atoms in total. The predicted octanol–water partition coefficient (Wildman–Crippen LogP) is 5.54. The normalized spacial score (nSPS) is 28.7. The lowest BCUT2D eigenvalue weighted by Crippen LogP contribution is -2.48. The van der Waals surface area contributed by atoms with E-state index in [9.17, 15) is 14.4 Å². The van der Waals surface area contributed by atoms with E-state index in [1.54, 1.807) is 6.07 Å². The van der Waals surface area contributed by atoms with Gasteiger partial charge in [0.2, 0.25) is 11.8 Å². The molecule has 3 aromatic rings. The molecule has 1 aliphatic heterocycles. The Balaban J connectivity index is 1.18. The van der Waals surface area contributed by atoms with Gasteiger partial charge < -0.3 is 4.74 Å². The number of imide groups is 1. The van der Waals surface area contributed by atoms with Gasteiger partial charge in [0.15, 0.2) is 0 Å². The number of likely N-dealkylation sites (tertiary alicyclic amines) is 1. The second-order valence-electron chi connectivity index (χ2n) is 11.7. The summed E-state index contributed by atoms with van der Waals surface area (Å²) in [6.07, 6.45) is 5.63.